The fraction of sp³-hybridized carbons (Fsp3) is 0.250. The molecular formula is C20H16Cl3F3N2O4. The Kier molecular flexibility index (Phi) is 9.18. The maximum Gasteiger partial charge on any atom is 0.416 e. The molecule has 0 bridgehead atoms. The van der Waals surface area contributed by atoms with Gasteiger partial charge in [0.1, 0.15) is 0 Å². The van der Waals surface area contributed by atoms with Gasteiger partial charge in [0.2, 0.25) is 5.91 Å². The van der Waals surface area contributed by atoms with Gasteiger partial charge in [-0.1, -0.05) is 34.8 Å². The molecule has 0 fully saturated rings. The van der Waals surface area contributed by atoms with E-state index in [-0.39, 0.29) is 35.0 Å². The van der Waals surface area contributed by atoms with E-state index in [1.165, 1.54) is 18.2 Å². The number of alkyl halides is 3. The Morgan fingerprint density at radius 3 is 2.19 bits per heavy atom. The number of anilines is 2. The minimum absolute atomic E-state index is 0.0512. The monoisotopic (exact) mass is 510 g/mol. The second-order valence-corrected chi connectivity index (χ2v) is 7.65. The zero-order chi connectivity index (χ0) is 23.9. The number of amides is 2. The molecule has 0 aliphatic rings. The van der Waals surface area contributed by atoms with Crippen molar-refractivity contribution in [2.24, 2.45) is 0 Å². The molecule has 0 atom stereocenters. The van der Waals surface area contributed by atoms with E-state index in [0.717, 1.165) is 18.2 Å². The molecule has 32 heavy (non-hydrogen) atoms. The maximum atomic E-state index is 12.8. The van der Waals surface area contributed by atoms with Crippen molar-refractivity contribution < 1.29 is 32.3 Å². The Bertz CT molecular complexity index is 1020. The summed E-state index contributed by atoms with van der Waals surface area (Å²) in [6, 6.07) is 6.98. The van der Waals surface area contributed by atoms with E-state index in [1.54, 1.807) is 0 Å². The molecule has 0 saturated heterocycles. The Labute approximate surface area is 196 Å². The highest BCUT2D eigenvalue weighted by Gasteiger charge is 2.31. The lowest BCUT2D eigenvalue weighted by Gasteiger charge is -2.11. The molecule has 0 spiro atoms. The van der Waals surface area contributed by atoms with Gasteiger partial charge in [-0.3, -0.25) is 14.4 Å². The number of hydrogen-bond donors (Lipinski definition) is 2. The third-order valence-electron chi connectivity index (χ3n) is 3.92. The molecule has 0 unspecified atom stereocenters. The SMILES string of the molecule is O=C(COC(=O)CCCC(=O)Nc1cc(C(F)(F)F)ccc1Cl)Nc1ccc(Cl)c(Cl)c1. The van der Waals surface area contributed by atoms with Crippen LogP contribution in [-0.2, 0) is 25.3 Å². The second-order valence-electron chi connectivity index (χ2n) is 6.43. The van der Waals surface area contributed by atoms with Crippen molar-refractivity contribution in [1.29, 1.82) is 0 Å². The molecular weight excluding hydrogens is 496 g/mol. The van der Waals surface area contributed by atoms with Crippen molar-refractivity contribution >= 4 is 64.0 Å². The smallest absolute Gasteiger partial charge is 0.416 e. The van der Waals surface area contributed by atoms with Crippen molar-refractivity contribution in [1.82, 2.24) is 0 Å². The number of carbonyl (C=O) groups excluding carboxylic acids is 3. The van der Waals surface area contributed by atoms with Crippen LogP contribution < -0.4 is 10.6 Å². The molecule has 0 aliphatic heterocycles. The second kappa shape index (κ2) is 11.4. The number of hydrogen-bond acceptors (Lipinski definition) is 4. The van der Waals surface area contributed by atoms with E-state index in [2.05, 4.69) is 10.6 Å². The summed E-state index contributed by atoms with van der Waals surface area (Å²) in [7, 11) is 0. The van der Waals surface area contributed by atoms with Gasteiger partial charge in [0.15, 0.2) is 6.61 Å². The number of carbonyl (C=O) groups is 3. The Morgan fingerprint density at radius 2 is 1.53 bits per heavy atom. The molecule has 2 rings (SSSR count). The van der Waals surface area contributed by atoms with Gasteiger partial charge in [-0.05, 0) is 42.8 Å². The van der Waals surface area contributed by atoms with Crippen LogP contribution in [-0.4, -0.2) is 24.4 Å². The summed E-state index contributed by atoms with van der Waals surface area (Å²) in [5.41, 5.74) is -0.779. The molecule has 0 radical (unpaired) electrons. The van der Waals surface area contributed by atoms with Gasteiger partial charge in [0.05, 0.1) is 26.3 Å². The zero-order valence-corrected chi connectivity index (χ0v) is 18.5. The van der Waals surface area contributed by atoms with E-state index in [0.29, 0.717) is 10.7 Å². The minimum atomic E-state index is -4.58. The molecule has 12 heteroatoms. The van der Waals surface area contributed by atoms with E-state index in [4.69, 9.17) is 39.5 Å². The van der Waals surface area contributed by atoms with Crippen molar-refractivity contribution in [3.05, 3.63) is 57.0 Å². The lowest BCUT2D eigenvalue weighted by atomic mass is 10.2. The fourth-order valence-corrected chi connectivity index (χ4v) is 2.86. The summed E-state index contributed by atoms with van der Waals surface area (Å²) in [5, 5.41) is 5.25. The number of rotatable bonds is 8. The highest BCUT2D eigenvalue weighted by Crippen LogP contribution is 2.33. The van der Waals surface area contributed by atoms with E-state index in [1.807, 2.05) is 0 Å². The first kappa shape index (κ1) is 25.8. The number of esters is 1. The molecule has 2 N–H and O–H groups in total. The van der Waals surface area contributed by atoms with Gasteiger partial charge < -0.3 is 15.4 Å². The summed E-state index contributed by atoms with van der Waals surface area (Å²) < 4.78 is 43.1. The van der Waals surface area contributed by atoms with E-state index in [9.17, 15) is 27.6 Å². The molecule has 0 heterocycles. The third kappa shape index (κ3) is 8.22. The van der Waals surface area contributed by atoms with Crippen LogP contribution in [0.25, 0.3) is 0 Å². The predicted molar refractivity (Wildman–Crippen MR) is 115 cm³/mol. The number of halogens is 6. The van der Waals surface area contributed by atoms with Gasteiger partial charge >= 0.3 is 12.1 Å². The van der Waals surface area contributed by atoms with Crippen molar-refractivity contribution in [3.8, 4) is 0 Å². The number of benzene rings is 2. The van der Waals surface area contributed by atoms with Crippen LogP contribution in [0, 0.1) is 0 Å². The average Bonchev–Trinajstić information content (AvgIpc) is 2.70. The van der Waals surface area contributed by atoms with Crippen LogP contribution in [0.1, 0.15) is 24.8 Å². The quantitative estimate of drug-likeness (QED) is 0.429. The minimum Gasteiger partial charge on any atom is -0.456 e. The highest BCUT2D eigenvalue weighted by atomic mass is 35.5. The first-order valence-corrected chi connectivity index (χ1v) is 10.2. The molecule has 2 aromatic carbocycles. The van der Waals surface area contributed by atoms with Crippen LogP contribution >= 0.6 is 34.8 Å². The van der Waals surface area contributed by atoms with Crippen LogP contribution in [0.2, 0.25) is 15.1 Å². The zero-order valence-electron chi connectivity index (χ0n) is 16.2. The lowest BCUT2D eigenvalue weighted by molar-refractivity contribution is -0.147. The van der Waals surface area contributed by atoms with Gasteiger partial charge in [0, 0.05) is 18.5 Å². The first-order valence-electron chi connectivity index (χ1n) is 9.03. The van der Waals surface area contributed by atoms with Crippen LogP contribution in [0.15, 0.2) is 36.4 Å². The average molecular weight is 512 g/mol. The van der Waals surface area contributed by atoms with Gasteiger partial charge in [-0.25, -0.2) is 0 Å². The molecule has 172 valence electrons. The summed E-state index contributed by atoms with van der Waals surface area (Å²) in [6.45, 7) is -0.550. The summed E-state index contributed by atoms with van der Waals surface area (Å²) in [4.78, 5) is 35.5. The van der Waals surface area contributed by atoms with Crippen LogP contribution in [0.5, 0.6) is 0 Å². The molecule has 0 aromatic heterocycles. The van der Waals surface area contributed by atoms with Gasteiger partial charge in [0.25, 0.3) is 5.91 Å². The fourth-order valence-electron chi connectivity index (χ4n) is 2.39. The number of nitrogens with one attached hydrogen (secondary N) is 2. The van der Waals surface area contributed by atoms with Crippen molar-refractivity contribution in [2.45, 2.75) is 25.4 Å². The largest absolute Gasteiger partial charge is 0.456 e. The molecule has 0 saturated carbocycles. The Hall–Kier alpha value is -2.49. The lowest BCUT2D eigenvalue weighted by Crippen LogP contribution is -2.21. The Morgan fingerprint density at radius 1 is 0.844 bits per heavy atom. The van der Waals surface area contributed by atoms with Crippen molar-refractivity contribution in [3.63, 3.8) is 0 Å². The third-order valence-corrected chi connectivity index (χ3v) is 4.99. The van der Waals surface area contributed by atoms with Crippen LogP contribution in [0.4, 0.5) is 24.5 Å². The predicted octanol–water partition coefficient (Wildman–Crippen LogP) is 5.96. The summed E-state index contributed by atoms with van der Waals surface area (Å²) >= 11 is 17.4. The highest BCUT2D eigenvalue weighted by molar-refractivity contribution is 6.42. The standard InChI is InChI=1S/C20H16Cl3F3N2O4/c21-13-7-5-12(9-15(13)23)27-18(30)10-32-19(31)3-1-2-17(29)28-16-8-11(20(24,25)26)4-6-14(16)22/h4-9H,1-3,10H2,(H,27,30)(H,28,29). The normalized spacial score (nSPS) is 11.1. The van der Waals surface area contributed by atoms with Gasteiger partial charge in [-0.15, -0.1) is 0 Å². The molecule has 0 aliphatic carbocycles. The molecule has 2 amide bonds. The topological polar surface area (TPSA) is 84.5 Å². The number of ether oxygens (including phenoxy) is 1. The molecule has 2 aromatic rings. The summed E-state index contributed by atoms with van der Waals surface area (Å²) in [6.07, 6.45) is -4.88. The van der Waals surface area contributed by atoms with Gasteiger partial charge in [-0.2, -0.15) is 13.2 Å². The molecule has 6 nitrogen and oxygen atoms in total. The van der Waals surface area contributed by atoms with Crippen LogP contribution in [0.3, 0.4) is 0 Å². The van der Waals surface area contributed by atoms with Crippen molar-refractivity contribution in [2.75, 3.05) is 17.2 Å². The maximum absolute atomic E-state index is 12.8. The van der Waals surface area contributed by atoms with E-state index >= 15 is 0 Å². The Balaban J connectivity index is 1.73. The first-order chi connectivity index (χ1) is 15.0. The van der Waals surface area contributed by atoms with E-state index < -0.39 is 36.1 Å². The summed E-state index contributed by atoms with van der Waals surface area (Å²) in [5.74, 6) is -1.95.